The van der Waals surface area contributed by atoms with E-state index in [1.807, 2.05) is 0 Å². The zero-order valence-electron chi connectivity index (χ0n) is 6.20. The highest BCUT2D eigenvalue weighted by atomic mass is 16.5. The average Bonchev–Trinajstić information content (AvgIpc) is 1.87. The summed E-state index contributed by atoms with van der Waals surface area (Å²) in [5, 5.41) is 8.79. The number of carbonyl (C=O) groups is 1. The Labute approximate surface area is 60.0 Å². The van der Waals surface area contributed by atoms with Crippen LogP contribution in [0.4, 0.5) is 0 Å². The van der Waals surface area contributed by atoms with Crippen molar-refractivity contribution in [3.8, 4) is 0 Å². The van der Waals surface area contributed by atoms with Crippen molar-refractivity contribution in [2.75, 3.05) is 6.61 Å². The lowest BCUT2D eigenvalue weighted by Crippen LogP contribution is -2.41. The van der Waals surface area contributed by atoms with Crippen molar-refractivity contribution in [3.63, 3.8) is 0 Å². The highest BCUT2D eigenvalue weighted by Gasteiger charge is 2.19. The molecule has 0 aromatic rings. The lowest BCUT2D eigenvalue weighted by molar-refractivity contribution is -0.147. The molecule has 10 heavy (non-hydrogen) atoms. The molecule has 0 aromatic heterocycles. The number of aliphatic hydroxyl groups is 1. The van der Waals surface area contributed by atoms with Crippen molar-refractivity contribution in [1.82, 2.24) is 0 Å². The number of esters is 1. The number of rotatable bonds is 3. The van der Waals surface area contributed by atoms with Gasteiger partial charge in [0, 0.05) is 0 Å². The first kappa shape index (κ1) is 9.39. The van der Waals surface area contributed by atoms with Gasteiger partial charge in [-0.15, -0.1) is 0 Å². The summed E-state index contributed by atoms with van der Waals surface area (Å²) in [7, 11) is 0. The third-order valence-electron chi connectivity index (χ3n) is 1.08. The summed E-state index contributed by atoms with van der Waals surface area (Å²) >= 11 is 0. The van der Waals surface area contributed by atoms with Gasteiger partial charge in [-0.2, -0.15) is 0 Å². The molecule has 0 spiro atoms. The summed E-state index contributed by atoms with van der Waals surface area (Å²) in [5.41, 5.74) is 5.22. The van der Waals surface area contributed by atoms with Crippen LogP contribution in [0.2, 0.25) is 0 Å². The molecule has 0 aliphatic rings. The van der Waals surface area contributed by atoms with Crippen LogP contribution >= 0.6 is 0 Å². The van der Waals surface area contributed by atoms with Crippen LogP contribution in [0.5, 0.6) is 0 Å². The molecule has 0 aliphatic carbocycles. The van der Waals surface area contributed by atoms with Crippen LogP contribution in [0.1, 0.15) is 13.8 Å². The molecule has 3 N–H and O–H groups in total. The van der Waals surface area contributed by atoms with Crippen molar-refractivity contribution in [3.05, 3.63) is 0 Å². The Bertz CT molecular complexity index is 114. The van der Waals surface area contributed by atoms with Crippen molar-refractivity contribution >= 4 is 5.97 Å². The maximum atomic E-state index is 10.7. The number of hydrogen-bond donors (Lipinski definition) is 2. The quantitative estimate of drug-likeness (QED) is 0.515. The maximum absolute atomic E-state index is 10.7. The first-order valence-electron chi connectivity index (χ1n) is 3.19. The molecule has 0 heterocycles. The summed E-state index contributed by atoms with van der Waals surface area (Å²) in [4.78, 5) is 10.7. The predicted octanol–water partition coefficient (Wildman–Crippen LogP) is -0.742. The van der Waals surface area contributed by atoms with Crippen molar-refractivity contribution in [2.24, 2.45) is 5.73 Å². The zero-order valence-corrected chi connectivity index (χ0v) is 6.20. The van der Waals surface area contributed by atoms with Gasteiger partial charge in [-0.3, -0.25) is 4.79 Å². The molecule has 0 amide bonds. The molecule has 0 aliphatic heterocycles. The van der Waals surface area contributed by atoms with E-state index in [9.17, 15) is 4.79 Å². The third kappa shape index (κ3) is 2.80. The van der Waals surface area contributed by atoms with Gasteiger partial charge in [0.2, 0.25) is 0 Å². The SMILES string of the molecule is CCOC(=O)[C@H](N)C(C)O. The van der Waals surface area contributed by atoms with E-state index >= 15 is 0 Å². The largest absolute Gasteiger partial charge is 0.465 e. The topological polar surface area (TPSA) is 72.5 Å². The third-order valence-corrected chi connectivity index (χ3v) is 1.08. The molecule has 0 fully saturated rings. The number of aliphatic hydroxyl groups excluding tert-OH is 1. The summed E-state index contributed by atoms with van der Waals surface area (Å²) in [6, 6.07) is -0.917. The van der Waals surface area contributed by atoms with Crippen LogP contribution in [-0.2, 0) is 9.53 Å². The lowest BCUT2D eigenvalue weighted by Gasteiger charge is -2.11. The Morgan fingerprint density at radius 1 is 1.80 bits per heavy atom. The first-order chi connectivity index (χ1) is 4.59. The summed E-state index contributed by atoms with van der Waals surface area (Å²) in [6.45, 7) is 3.42. The molecule has 4 nitrogen and oxygen atoms in total. The molecule has 0 aromatic carbocycles. The Morgan fingerprint density at radius 2 is 2.30 bits per heavy atom. The van der Waals surface area contributed by atoms with E-state index in [4.69, 9.17) is 10.8 Å². The molecular formula is C6H13NO3. The molecule has 60 valence electrons. The predicted molar refractivity (Wildman–Crippen MR) is 36.3 cm³/mol. The number of nitrogens with two attached hydrogens (primary N) is 1. The van der Waals surface area contributed by atoms with Gasteiger partial charge in [0.15, 0.2) is 0 Å². The van der Waals surface area contributed by atoms with E-state index < -0.39 is 18.1 Å². The first-order valence-corrected chi connectivity index (χ1v) is 3.19. The van der Waals surface area contributed by atoms with Gasteiger partial charge < -0.3 is 15.6 Å². The van der Waals surface area contributed by atoms with E-state index in [0.717, 1.165) is 0 Å². The van der Waals surface area contributed by atoms with E-state index in [1.54, 1.807) is 6.92 Å². The summed E-state index contributed by atoms with van der Waals surface area (Å²) in [6.07, 6.45) is -0.848. The van der Waals surface area contributed by atoms with Gasteiger partial charge in [-0.25, -0.2) is 0 Å². The van der Waals surface area contributed by atoms with Crippen molar-refractivity contribution in [1.29, 1.82) is 0 Å². The minimum Gasteiger partial charge on any atom is -0.465 e. The highest BCUT2D eigenvalue weighted by molar-refractivity contribution is 5.76. The minimum atomic E-state index is -0.917. The highest BCUT2D eigenvalue weighted by Crippen LogP contribution is 1.91. The van der Waals surface area contributed by atoms with Gasteiger partial charge in [0.05, 0.1) is 12.7 Å². The second kappa shape index (κ2) is 4.24. The average molecular weight is 147 g/mol. The molecule has 0 saturated carbocycles. The van der Waals surface area contributed by atoms with E-state index in [2.05, 4.69) is 4.74 Å². The maximum Gasteiger partial charge on any atom is 0.325 e. The Hall–Kier alpha value is -0.610. The Kier molecular flexibility index (Phi) is 3.99. The van der Waals surface area contributed by atoms with E-state index in [1.165, 1.54) is 6.92 Å². The summed E-state index contributed by atoms with van der Waals surface area (Å²) < 4.78 is 4.54. The van der Waals surface area contributed by atoms with E-state index in [-0.39, 0.29) is 0 Å². The molecule has 0 saturated heterocycles. The minimum absolute atomic E-state index is 0.291. The Morgan fingerprint density at radius 3 is 2.60 bits per heavy atom. The molecule has 1 unspecified atom stereocenters. The smallest absolute Gasteiger partial charge is 0.325 e. The fourth-order valence-corrected chi connectivity index (χ4v) is 0.435. The molecule has 2 atom stereocenters. The number of carbonyl (C=O) groups excluding carboxylic acids is 1. The number of hydrogen-bond acceptors (Lipinski definition) is 4. The second-order valence-electron chi connectivity index (χ2n) is 2.02. The fraction of sp³-hybridized carbons (Fsp3) is 0.833. The monoisotopic (exact) mass is 147 g/mol. The van der Waals surface area contributed by atoms with Crippen LogP contribution in [0.25, 0.3) is 0 Å². The molecule has 0 bridgehead atoms. The lowest BCUT2D eigenvalue weighted by atomic mass is 10.2. The van der Waals surface area contributed by atoms with Crippen molar-refractivity contribution in [2.45, 2.75) is 26.0 Å². The van der Waals surface area contributed by atoms with Gasteiger partial charge in [-0.1, -0.05) is 0 Å². The van der Waals surface area contributed by atoms with Crippen LogP contribution in [-0.4, -0.2) is 29.8 Å². The molecular weight excluding hydrogens is 134 g/mol. The van der Waals surface area contributed by atoms with Crippen LogP contribution in [0.3, 0.4) is 0 Å². The molecule has 0 radical (unpaired) electrons. The fourth-order valence-electron chi connectivity index (χ4n) is 0.435. The molecule has 4 heteroatoms. The van der Waals surface area contributed by atoms with Gasteiger partial charge in [-0.05, 0) is 13.8 Å². The van der Waals surface area contributed by atoms with Crippen LogP contribution < -0.4 is 5.73 Å². The van der Waals surface area contributed by atoms with Crippen molar-refractivity contribution < 1.29 is 14.6 Å². The van der Waals surface area contributed by atoms with Gasteiger partial charge >= 0.3 is 5.97 Å². The molecule has 0 rings (SSSR count). The number of ether oxygens (including phenoxy) is 1. The van der Waals surface area contributed by atoms with Crippen LogP contribution in [0.15, 0.2) is 0 Å². The second-order valence-corrected chi connectivity index (χ2v) is 2.02. The zero-order chi connectivity index (χ0) is 8.15. The standard InChI is InChI=1S/C6H13NO3/c1-3-10-6(9)5(7)4(2)8/h4-5,8H,3,7H2,1-2H3/t4?,5-/m1/s1. The van der Waals surface area contributed by atoms with Crippen LogP contribution in [0, 0.1) is 0 Å². The van der Waals surface area contributed by atoms with Gasteiger partial charge in [0.1, 0.15) is 6.04 Å². The Balaban J connectivity index is 3.71. The summed E-state index contributed by atoms with van der Waals surface area (Å²) in [5.74, 6) is -0.558. The van der Waals surface area contributed by atoms with Gasteiger partial charge in [0.25, 0.3) is 0 Å². The normalized spacial score (nSPS) is 16.0. The van der Waals surface area contributed by atoms with E-state index in [0.29, 0.717) is 6.61 Å².